The minimum atomic E-state index is -1.51. The van der Waals surface area contributed by atoms with Crippen molar-refractivity contribution >= 4 is 28.7 Å². The van der Waals surface area contributed by atoms with E-state index in [0.717, 1.165) is 18.8 Å². The second-order valence-electron chi connectivity index (χ2n) is 7.42. The van der Waals surface area contributed by atoms with Crippen LogP contribution < -0.4 is 11.1 Å². The zero-order valence-corrected chi connectivity index (χ0v) is 17.3. The highest BCUT2D eigenvalue weighted by Crippen LogP contribution is 2.19. The van der Waals surface area contributed by atoms with Crippen LogP contribution in [0.25, 0.3) is 0 Å². The molecule has 1 heterocycles. The number of hydrogen-bond donors (Lipinski definition) is 2. The topological polar surface area (TPSA) is 87.9 Å². The van der Waals surface area contributed by atoms with Gasteiger partial charge < -0.3 is 20.7 Å². The number of thiol groups is 1. The number of carbonyl (C=O) groups excluding carboxylic acids is 1. The third-order valence-corrected chi connectivity index (χ3v) is 6.16. The Kier molecular flexibility index (Phi) is 7.52. The predicted octanol–water partition coefficient (Wildman–Crippen LogP) is 1.13. The van der Waals surface area contributed by atoms with Crippen molar-refractivity contribution in [2.45, 2.75) is 37.8 Å². The van der Waals surface area contributed by atoms with E-state index in [4.69, 9.17) is 22.1 Å². The Morgan fingerprint density at radius 2 is 2.04 bits per heavy atom. The molecule has 3 unspecified atom stereocenters. The molecule has 9 heteroatoms. The summed E-state index contributed by atoms with van der Waals surface area (Å²) >= 11 is 6.08. The zero-order valence-electron chi connectivity index (χ0n) is 15.7. The van der Waals surface area contributed by atoms with E-state index in [0.29, 0.717) is 25.4 Å². The van der Waals surface area contributed by atoms with E-state index in [2.05, 4.69) is 10.2 Å². The number of nitrogens with two attached hydrogens (primary N) is 1. The van der Waals surface area contributed by atoms with E-state index < -0.39 is 22.7 Å². The first-order valence-electron chi connectivity index (χ1n) is 8.87. The predicted molar refractivity (Wildman–Crippen MR) is 107 cm³/mol. The fourth-order valence-electron chi connectivity index (χ4n) is 2.76. The summed E-state index contributed by atoms with van der Waals surface area (Å²) in [5, 5.41) is 2.49. The van der Waals surface area contributed by atoms with Crippen LogP contribution in [0, 0.1) is 0 Å². The third-order valence-electron chi connectivity index (χ3n) is 4.09. The molecule has 3 atom stereocenters. The maximum absolute atomic E-state index is 12.4. The molecule has 7 nitrogen and oxygen atoms in total. The Morgan fingerprint density at radius 1 is 1.38 bits per heavy atom. The zero-order chi connectivity index (χ0) is 19.3. The lowest BCUT2D eigenvalue weighted by Crippen LogP contribution is -2.48. The summed E-state index contributed by atoms with van der Waals surface area (Å²) in [6, 6.07) is -0.176. The van der Waals surface area contributed by atoms with Crippen LogP contribution in [0.5, 0.6) is 0 Å². The molecule has 0 aromatic rings. The number of amides is 1. The smallest absolute Gasteiger partial charge is 0.407 e. The Balaban J connectivity index is 1.71. The van der Waals surface area contributed by atoms with Crippen molar-refractivity contribution in [2.24, 2.45) is 5.73 Å². The van der Waals surface area contributed by atoms with Crippen LogP contribution in [-0.4, -0.2) is 70.8 Å². The number of rotatable bonds is 5. The molecule has 2 aliphatic rings. The fraction of sp³-hybridized carbons (Fsp3) is 0.706. The summed E-state index contributed by atoms with van der Waals surface area (Å²) in [5.74, 6) is 0.413. The van der Waals surface area contributed by atoms with Gasteiger partial charge in [-0.3, -0.25) is 0 Å². The summed E-state index contributed by atoms with van der Waals surface area (Å²) in [6.45, 7) is 8.77. The monoisotopic (exact) mass is 405 g/mol. The van der Waals surface area contributed by atoms with Gasteiger partial charge in [-0.15, -0.1) is 15.9 Å². The molecule has 0 bridgehead atoms. The van der Waals surface area contributed by atoms with Crippen molar-refractivity contribution in [3.63, 3.8) is 0 Å². The average molecular weight is 406 g/mol. The van der Waals surface area contributed by atoms with Gasteiger partial charge in [0.15, 0.2) is 0 Å². The van der Waals surface area contributed by atoms with Crippen molar-refractivity contribution in [2.75, 3.05) is 38.5 Å². The van der Waals surface area contributed by atoms with Crippen LogP contribution in [0.15, 0.2) is 23.9 Å². The largest absolute Gasteiger partial charge is 0.444 e. The number of halogens is 1. The van der Waals surface area contributed by atoms with E-state index in [1.54, 1.807) is 0 Å². The van der Waals surface area contributed by atoms with Crippen LogP contribution in [0.3, 0.4) is 0 Å². The second-order valence-corrected chi connectivity index (χ2v) is 9.64. The van der Waals surface area contributed by atoms with E-state index in [-0.39, 0.29) is 11.4 Å². The number of alkyl halides is 1. The Hall–Kier alpha value is -1.09. The summed E-state index contributed by atoms with van der Waals surface area (Å²) in [5.41, 5.74) is 6.53. The van der Waals surface area contributed by atoms with Gasteiger partial charge in [0.1, 0.15) is 22.3 Å². The number of carbonyl (C=O) groups is 1. The summed E-state index contributed by atoms with van der Waals surface area (Å²) in [6.07, 6.45) is 5.42. The van der Waals surface area contributed by atoms with Crippen molar-refractivity contribution < 1.29 is 13.7 Å². The normalized spacial score (nSPS) is 25.6. The number of hydrogen-bond acceptors (Lipinski definition) is 5. The minimum absolute atomic E-state index is 0.160. The summed E-state index contributed by atoms with van der Waals surface area (Å²) < 4.78 is 19.6. The molecule has 0 aromatic heterocycles. The summed E-state index contributed by atoms with van der Waals surface area (Å²) in [7, 11) is -1.51. The van der Waals surface area contributed by atoms with Crippen LogP contribution in [-0.2, 0) is 19.9 Å². The van der Waals surface area contributed by atoms with E-state index >= 15 is 0 Å². The molecule has 26 heavy (non-hydrogen) atoms. The standard InChI is InChI=1S/C17H29ClN4O3S/c1-17(2,3)25-16(23)20-6-11-26(24)22-9-7-21(8-10-22)13-4-5-14(18)15(19)12-13/h4-5,12,14-15H,6-11,19H2,1-3H3,(H,20,23)/p+1. The Labute approximate surface area is 163 Å². The molecule has 148 valence electrons. The Bertz CT molecular complexity index is 583. The summed E-state index contributed by atoms with van der Waals surface area (Å²) in [4.78, 5) is 13.8. The number of nitrogens with one attached hydrogen (secondary N) is 1. The number of piperazine rings is 1. The molecule has 1 aliphatic heterocycles. The van der Waals surface area contributed by atoms with Crippen molar-refractivity contribution in [1.82, 2.24) is 14.5 Å². The maximum atomic E-state index is 12.4. The third kappa shape index (κ3) is 6.57. The molecular weight excluding hydrogens is 376 g/mol. The molecule has 0 saturated carbocycles. The van der Waals surface area contributed by atoms with Gasteiger partial charge in [-0.05, 0) is 32.9 Å². The number of nitrogens with zero attached hydrogens (tertiary/aromatic N) is 2. The highest BCUT2D eigenvalue weighted by Gasteiger charge is 2.27. The molecule has 2 rings (SSSR count). The van der Waals surface area contributed by atoms with Gasteiger partial charge in [0.05, 0.1) is 25.0 Å². The number of ether oxygens (including phenoxy) is 1. The number of allylic oxidation sites excluding steroid dienone is 1. The minimum Gasteiger partial charge on any atom is -0.444 e. The molecule has 1 aliphatic carbocycles. The molecule has 1 fully saturated rings. The van der Waals surface area contributed by atoms with Gasteiger partial charge in [-0.2, -0.15) is 0 Å². The first-order chi connectivity index (χ1) is 12.2. The van der Waals surface area contributed by atoms with E-state index in [9.17, 15) is 9.00 Å². The van der Waals surface area contributed by atoms with Gasteiger partial charge >= 0.3 is 6.09 Å². The molecule has 0 radical (unpaired) electrons. The lowest BCUT2D eigenvalue weighted by atomic mass is 10.1. The van der Waals surface area contributed by atoms with Gasteiger partial charge in [0, 0.05) is 24.8 Å². The van der Waals surface area contributed by atoms with Gasteiger partial charge in [-0.1, -0.05) is 10.3 Å². The maximum Gasteiger partial charge on any atom is 0.407 e. The molecule has 1 saturated heterocycles. The molecule has 1 amide bonds. The van der Waals surface area contributed by atoms with Crippen LogP contribution in [0.2, 0.25) is 0 Å². The average Bonchev–Trinajstić information content (AvgIpc) is 2.56. The van der Waals surface area contributed by atoms with Gasteiger partial charge in [0.25, 0.3) is 0 Å². The van der Waals surface area contributed by atoms with Crippen molar-refractivity contribution in [1.29, 1.82) is 0 Å². The van der Waals surface area contributed by atoms with E-state index in [1.165, 1.54) is 0 Å². The highest BCUT2D eigenvalue weighted by atomic mass is 35.5. The SMILES string of the molecule is CC(C)(C)OC(=O)NCC[SH+](=O)N1CCN(C2=CC(N)C(Cl)C=C2)CC1. The van der Waals surface area contributed by atoms with Crippen LogP contribution in [0.1, 0.15) is 20.8 Å². The lowest BCUT2D eigenvalue weighted by molar-refractivity contribution is 0.0531. The van der Waals surface area contributed by atoms with E-state index in [1.807, 2.05) is 43.3 Å². The van der Waals surface area contributed by atoms with Gasteiger partial charge in [-0.25, -0.2) is 4.79 Å². The molecule has 0 spiro atoms. The first-order valence-corrected chi connectivity index (χ1v) is 10.7. The fourth-order valence-corrected chi connectivity index (χ4v) is 4.12. The molecule has 3 N–H and O–H groups in total. The second kappa shape index (κ2) is 9.21. The van der Waals surface area contributed by atoms with Gasteiger partial charge in [0.2, 0.25) is 0 Å². The Morgan fingerprint density at radius 3 is 2.62 bits per heavy atom. The first kappa shape index (κ1) is 21.2. The number of alkyl carbamates (subject to hydrolysis) is 1. The highest BCUT2D eigenvalue weighted by molar-refractivity contribution is 7.82. The lowest BCUT2D eigenvalue weighted by Gasteiger charge is -2.35. The molecule has 0 aromatic carbocycles. The van der Waals surface area contributed by atoms with Crippen molar-refractivity contribution in [3.05, 3.63) is 23.9 Å². The quantitative estimate of drug-likeness (QED) is 0.406. The molecular formula is C17H30ClN4O3S+. The van der Waals surface area contributed by atoms with Crippen LogP contribution >= 0.6 is 11.6 Å². The van der Waals surface area contributed by atoms with Crippen LogP contribution in [0.4, 0.5) is 4.79 Å². The van der Waals surface area contributed by atoms with Crippen molar-refractivity contribution in [3.8, 4) is 0 Å².